The van der Waals surface area contributed by atoms with Gasteiger partial charge in [0.1, 0.15) is 11.5 Å². The number of likely N-dealkylation sites (tertiary alicyclic amines) is 1. The molecule has 1 aliphatic heterocycles. The average molecular weight is 344 g/mol. The second-order valence-corrected chi connectivity index (χ2v) is 6.55. The van der Waals surface area contributed by atoms with Crippen LogP contribution in [0.15, 0.2) is 28.8 Å². The van der Waals surface area contributed by atoms with Crippen LogP contribution in [0.1, 0.15) is 56.2 Å². The van der Waals surface area contributed by atoms with Crippen LogP contribution < -0.4 is 9.47 Å². The van der Waals surface area contributed by atoms with Crippen LogP contribution >= 0.6 is 0 Å². The molecule has 1 aromatic carbocycles. The van der Waals surface area contributed by atoms with Crippen LogP contribution in [0.2, 0.25) is 0 Å². The lowest BCUT2D eigenvalue weighted by atomic mass is 10.1. The standard InChI is InChI=1S/C20H28N2O3/c1-4-11-24-19-9-8-16(13-20(19)23-5-2)14-22-10-6-7-18(22)17-12-15(3)25-21-17/h8-9,12-13,18H,4-7,10-11,14H2,1-3H3/t18-/m0/s1. The van der Waals surface area contributed by atoms with Gasteiger partial charge in [-0.1, -0.05) is 18.1 Å². The van der Waals surface area contributed by atoms with Gasteiger partial charge in [-0.05, 0) is 57.4 Å². The summed E-state index contributed by atoms with van der Waals surface area (Å²) in [6.45, 7) is 9.35. The minimum absolute atomic E-state index is 0.337. The molecule has 5 nitrogen and oxygen atoms in total. The van der Waals surface area contributed by atoms with Crippen LogP contribution in [0.3, 0.4) is 0 Å². The molecule has 1 aromatic heterocycles. The molecule has 0 spiro atoms. The Kier molecular flexibility index (Phi) is 5.97. The van der Waals surface area contributed by atoms with Gasteiger partial charge in [0.2, 0.25) is 0 Å². The molecule has 0 saturated carbocycles. The number of hydrogen-bond donors (Lipinski definition) is 0. The maximum absolute atomic E-state index is 5.80. The predicted octanol–water partition coefficient (Wildman–Crippen LogP) is 4.51. The van der Waals surface area contributed by atoms with Crippen molar-refractivity contribution in [2.45, 2.75) is 52.6 Å². The van der Waals surface area contributed by atoms with Crippen molar-refractivity contribution in [3.63, 3.8) is 0 Å². The van der Waals surface area contributed by atoms with Gasteiger partial charge in [0.15, 0.2) is 11.5 Å². The molecule has 2 heterocycles. The first-order chi connectivity index (χ1) is 12.2. The molecule has 1 aliphatic rings. The zero-order valence-electron chi connectivity index (χ0n) is 15.5. The van der Waals surface area contributed by atoms with Gasteiger partial charge in [-0.15, -0.1) is 0 Å². The molecule has 2 aromatic rings. The summed E-state index contributed by atoms with van der Waals surface area (Å²) in [4.78, 5) is 2.47. The SMILES string of the molecule is CCCOc1ccc(CN2CCC[C@H]2c2cc(C)on2)cc1OCC. The first-order valence-corrected chi connectivity index (χ1v) is 9.27. The summed E-state index contributed by atoms with van der Waals surface area (Å²) in [7, 11) is 0. The lowest BCUT2D eigenvalue weighted by Crippen LogP contribution is -2.23. The van der Waals surface area contributed by atoms with Gasteiger partial charge in [0, 0.05) is 12.6 Å². The van der Waals surface area contributed by atoms with E-state index in [0.717, 1.165) is 48.9 Å². The fourth-order valence-corrected chi connectivity index (χ4v) is 3.38. The Bertz CT molecular complexity index is 683. The normalized spacial score (nSPS) is 17.8. The molecule has 5 heteroatoms. The molecular weight excluding hydrogens is 316 g/mol. The van der Waals surface area contributed by atoms with Crippen LogP contribution in [0.5, 0.6) is 11.5 Å². The predicted molar refractivity (Wildman–Crippen MR) is 97.0 cm³/mol. The van der Waals surface area contributed by atoms with Crippen molar-refractivity contribution in [3.05, 3.63) is 41.3 Å². The van der Waals surface area contributed by atoms with Crippen LogP contribution in [0.4, 0.5) is 0 Å². The van der Waals surface area contributed by atoms with Gasteiger partial charge < -0.3 is 14.0 Å². The fraction of sp³-hybridized carbons (Fsp3) is 0.550. The van der Waals surface area contributed by atoms with Gasteiger partial charge in [0.25, 0.3) is 0 Å². The van der Waals surface area contributed by atoms with Crippen molar-refractivity contribution in [1.29, 1.82) is 0 Å². The van der Waals surface area contributed by atoms with Gasteiger partial charge in [-0.25, -0.2) is 0 Å². The Morgan fingerprint density at radius 2 is 2.08 bits per heavy atom. The largest absolute Gasteiger partial charge is 0.490 e. The molecule has 0 amide bonds. The number of hydrogen-bond acceptors (Lipinski definition) is 5. The van der Waals surface area contributed by atoms with E-state index in [1.807, 2.05) is 19.9 Å². The summed E-state index contributed by atoms with van der Waals surface area (Å²) in [5.74, 6) is 2.54. The molecule has 0 radical (unpaired) electrons. The molecule has 0 N–H and O–H groups in total. The topological polar surface area (TPSA) is 47.7 Å². The maximum atomic E-state index is 5.80. The Morgan fingerprint density at radius 1 is 1.20 bits per heavy atom. The molecule has 0 aliphatic carbocycles. The van der Waals surface area contributed by atoms with E-state index in [1.165, 1.54) is 12.0 Å². The zero-order chi connectivity index (χ0) is 17.6. The molecule has 0 unspecified atom stereocenters. The average Bonchev–Trinajstić information content (AvgIpc) is 3.23. The number of benzene rings is 1. The van der Waals surface area contributed by atoms with Crippen molar-refractivity contribution < 1.29 is 14.0 Å². The zero-order valence-corrected chi connectivity index (χ0v) is 15.5. The molecule has 1 fully saturated rings. The molecule has 1 atom stereocenters. The van der Waals surface area contributed by atoms with E-state index in [4.69, 9.17) is 14.0 Å². The van der Waals surface area contributed by atoms with Crippen LogP contribution in [-0.4, -0.2) is 29.8 Å². The van der Waals surface area contributed by atoms with E-state index in [2.05, 4.69) is 35.2 Å². The molecule has 136 valence electrons. The summed E-state index contributed by atoms with van der Waals surface area (Å²) >= 11 is 0. The van der Waals surface area contributed by atoms with Gasteiger partial charge >= 0.3 is 0 Å². The lowest BCUT2D eigenvalue weighted by Gasteiger charge is -2.23. The first kappa shape index (κ1) is 17.8. The van der Waals surface area contributed by atoms with Crippen LogP contribution in [-0.2, 0) is 6.54 Å². The van der Waals surface area contributed by atoms with Gasteiger partial charge in [-0.3, -0.25) is 4.90 Å². The Balaban J connectivity index is 1.73. The fourth-order valence-electron chi connectivity index (χ4n) is 3.38. The second kappa shape index (κ2) is 8.39. The molecule has 3 rings (SSSR count). The highest BCUT2D eigenvalue weighted by Crippen LogP contribution is 2.34. The third kappa shape index (κ3) is 4.34. The van der Waals surface area contributed by atoms with Crippen molar-refractivity contribution >= 4 is 0 Å². The number of aromatic nitrogens is 1. The summed E-state index contributed by atoms with van der Waals surface area (Å²) < 4.78 is 16.8. The van der Waals surface area contributed by atoms with Crippen molar-refractivity contribution in [2.24, 2.45) is 0 Å². The molecular formula is C20H28N2O3. The van der Waals surface area contributed by atoms with E-state index in [-0.39, 0.29) is 0 Å². The minimum Gasteiger partial charge on any atom is -0.490 e. The number of aryl methyl sites for hydroxylation is 1. The van der Waals surface area contributed by atoms with E-state index in [9.17, 15) is 0 Å². The summed E-state index contributed by atoms with van der Waals surface area (Å²) in [5, 5.41) is 4.22. The summed E-state index contributed by atoms with van der Waals surface area (Å²) in [6, 6.07) is 8.66. The van der Waals surface area contributed by atoms with Crippen molar-refractivity contribution in [3.8, 4) is 11.5 Å². The van der Waals surface area contributed by atoms with Gasteiger partial charge in [0.05, 0.1) is 19.3 Å². The quantitative estimate of drug-likeness (QED) is 0.705. The third-order valence-corrected chi connectivity index (χ3v) is 4.51. The maximum Gasteiger partial charge on any atom is 0.161 e. The Morgan fingerprint density at radius 3 is 2.80 bits per heavy atom. The third-order valence-electron chi connectivity index (χ3n) is 4.51. The van der Waals surface area contributed by atoms with E-state index >= 15 is 0 Å². The first-order valence-electron chi connectivity index (χ1n) is 9.27. The van der Waals surface area contributed by atoms with E-state index in [1.54, 1.807) is 0 Å². The second-order valence-electron chi connectivity index (χ2n) is 6.55. The Hall–Kier alpha value is -2.01. The van der Waals surface area contributed by atoms with E-state index in [0.29, 0.717) is 19.3 Å². The number of nitrogens with zero attached hydrogens (tertiary/aromatic N) is 2. The van der Waals surface area contributed by atoms with Gasteiger partial charge in [-0.2, -0.15) is 0 Å². The number of ether oxygens (including phenoxy) is 2. The van der Waals surface area contributed by atoms with Crippen molar-refractivity contribution in [1.82, 2.24) is 10.1 Å². The summed E-state index contributed by atoms with van der Waals surface area (Å²) in [6.07, 6.45) is 3.30. The monoisotopic (exact) mass is 344 g/mol. The molecule has 0 bridgehead atoms. The van der Waals surface area contributed by atoms with E-state index < -0.39 is 0 Å². The highest BCUT2D eigenvalue weighted by atomic mass is 16.5. The highest BCUT2D eigenvalue weighted by Gasteiger charge is 2.28. The summed E-state index contributed by atoms with van der Waals surface area (Å²) in [5.41, 5.74) is 2.28. The Labute approximate surface area is 149 Å². The highest BCUT2D eigenvalue weighted by molar-refractivity contribution is 5.43. The lowest BCUT2D eigenvalue weighted by molar-refractivity contribution is 0.235. The molecule has 1 saturated heterocycles. The van der Waals surface area contributed by atoms with Crippen molar-refractivity contribution in [2.75, 3.05) is 19.8 Å². The number of rotatable bonds is 8. The smallest absolute Gasteiger partial charge is 0.161 e. The minimum atomic E-state index is 0.337. The van der Waals surface area contributed by atoms with Crippen LogP contribution in [0.25, 0.3) is 0 Å². The molecule has 25 heavy (non-hydrogen) atoms. The van der Waals surface area contributed by atoms with Crippen LogP contribution in [0, 0.1) is 6.92 Å².